The van der Waals surface area contributed by atoms with Crippen molar-refractivity contribution in [3.8, 4) is 5.75 Å². The molecule has 0 spiro atoms. The molecule has 0 aliphatic carbocycles. The summed E-state index contributed by atoms with van der Waals surface area (Å²) in [4.78, 5) is 14.8. The molecule has 1 fully saturated rings. The zero-order valence-electron chi connectivity index (χ0n) is 16.9. The van der Waals surface area contributed by atoms with Crippen molar-refractivity contribution in [2.45, 2.75) is 44.7 Å². The first-order valence-electron chi connectivity index (χ1n) is 10.1. The van der Waals surface area contributed by atoms with Gasteiger partial charge in [-0.2, -0.15) is 0 Å². The number of amides is 1. The van der Waals surface area contributed by atoms with Crippen LogP contribution in [0.2, 0.25) is 0 Å². The van der Waals surface area contributed by atoms with Crippen LogP contribution in [0.3, 0.4) is 0 Å². The van der Waals surface area contributed by atoms with Crippen molar-refractivity contribution in [3.05, 3.63) is 65.7 Å². The molecule has 1 atom stereocenters. The number of hydrogen-bond donors (Lipinski definition) is 1. The van der Waals surface area contributed by atoms with Gasteiger partial charge in [0.1, 0.15) is 11.4 Å². The molecule has 2 aliphatic heterocycles. The molecule has 146 valence electrons. The van der Waals surface area contributed by atoms with E-state index in [0.29, 0.717) is 19.6 Å². The van der Waals surface area contributed by atoms with E-state index >= 15 is 0 Å². The molecule has 0 unspecified atom stereocenters. The molecule has 2 aliphatic rings. The molecule has 4 nitrogen and oxygen atoms in total. The number of nitrogens with zero attached hydrogens (tertiary/aromatic N) is 1. The Hall–Kier alpha value is -2.75. The van der Waals surface area contributed by atoms with Crippen LogP contribution in [0, 0.1) is 0 Å². The highest BCUT2D eigenvalue weighted by atomic mass is 16.5. The number of fused-ring (bicyclic) bond motifs is 3. The van der Waals surface area contributed by atoms with Gasteiger partial charge in [0.2, 0.25) is 5.91 Å². The number of anilines is 1. The Labute approximate surface area is 167 Å². The fourth-order valence-corrected chi connectivity index (χ4v) is 4.49. The lowest BCUT2D eigenvalue weighted by molar-refractivity contribution is -0.124. The Morgan fingerprint density at radius 3 is 2.71 bits per heavy atom. The second kappa shape index (κ2) is 7.01. The minimum Gasteiger partial charge on any atom is -0.493 e. The van der Waals surface area contributed by atoms with Crippen LogP contribution in [0.25, 0.3) is 6.08 Å². The quantitative estimate of drug-likeness (QED) is 0.835. The van der Waals surface area contributed by atoms with Crippen LogP contribution in [0.1, 0.15) is 44.7 Å². The average molecular weight is 377 g/mol. The van der Waals surface area contributed by atoms with Crippen molar-refractivity contribution in [2.24, 2.45) is 0 Å². The van der Waals surface area contributed by atoms with Gasteiger partial charge in [0.15, 0.2) is 0 Å². The van der Waals surface area contributed by atoms with E-state index in [0.717, 1.165) is 17.7 Å². The number of rotatable bonds is 5. The standard InChI is InChI=1S/C24H28N2O2/c1-4-17-28-21-12-8-5-9-18(21)13-15-24-23(2,3)19-10-6-7-11-20(19)26(24)16-14-22(27)25-24/h5-13,15H,4,14,16-17H2,1-3H3,(H,25,27)/b15-13+/t24-/m0/s1. The number of nitrogens with one attached hydrogen (secondary N) is 1. The Morgan fingerprint density at radius 2 is 1.89 bits per heavy atom. The SMILES string of the molecule is CCCOc1ccccc1/C=C/[C@]12NC(=O)CCN1c1ccccc1C2(C)C. The largest absolute Gasteiger partial charge is 0.493 e. The molecule has 1 N–H and O–H groups in total. The van der Waals surface area contributed by atoms with Gasteiger partial charge in [-0.25, -0.2) is 0 Å². The summed E-state index contributed by atoms with van der Waals surface area (Å²) in [6.07, 6.45) is 5.72. The molecule has 0 bridgehead atoms. The molecule has 0 radical (unpaired) electrons. The average Bonchev–Trinajstić information content (AvgIpc) is 2.89. The smallest absolute Gasteiger partial charge is 0.223 e. The molecule has 2 heterocycles. The first-order valence-corrected chi connectivity index (χ1v) is 10.1. The maximum absolute atomic E-state index is 12.5. The second-order valence-corrected chi connectivity index (χ2v) is 8.08. The van der Waals surface area contributed by atoms with Crippen LogP contribution in [-0.4, -0.2) is 24.7 Å². The Kier molecular flexibility index (Phi) is 4.66. The summed E-state index contributed by atoms with van der Waals surface area (Å²) < 4.78 is 5.92. The van der Waals surface area contributed by atoms with E-state index in [2.05, 4.69) is 73.5 Å². The maximum Gasteiger partial charge on any atom is 0.223 e. The van der Waals surface area contributed by atoms with Crippen molar-refractivity contribution in [2.75, 3.05) is 18.1 Å². The molecule has 0 saturated carbocycles. The molecule has 4 heteroatoms. The summed E-state index contributed by atoms with van der Waals surface area (Å²) >= 11 is 0. The Balaban J connectivity index is 1.78. The highest BCUT2D eigenvalue weighted by Gasteiger charge is 2.57. The number of para-hydroxylation sites is 2. The number of ether oxygens (including phenoxy) is 1. The third-order valence-corrected chi connectivity index (χ3v) is 6.02. The van der Waals surface area contributed by atoms with Gasteiger partial charge in [-0.1, -0.05) is 63.2 Å². The lowest BCUT2D eigenvalue weighted by atomic mass is 9.74. The van der Waals surface area contributed by atoms with Crippen LogP contribution in [-0.2, 0) is 10.2 Å². The predicted molar refractivity (Wildman–Crippen MR) is 114 cm³/mol. The first kappa shape index (κ1) is 18.6. The van der Waals surface area contributed by atoms with Gasteiger partial charge < -0.3 is 15.0 Å². The topological polar surface area (TPSA) is 41.6 Å². The predicted octanol–water partition coefficient (Wildman–Crippen LogP) is 4.50. The van der Waals surface area contributed by atoms with Crippen molar-refractivity contribution >= 4 is 17.7 Å². The van der Waals surface area contributed by atoms with E-state index < -0.39 is 5.66 Å². The highest BCUT2D eigenvalue weighted by molar-refractivity contribution is 5.84. The van der Waals surface area contributed by atoms with Crippen LogP contribution in [0.4, 0.5) is 5.69 Å². The monoisotopic (exact) mass is 376 g/mol. The summed E-state index contributed by atoms with van der Waals surface area (Å²) in [5.41, 5.74) is 2.63. The summed E-state index contributed by atoms with van der Waals surface area (Å²) in [5, 5.41) is 3.32. The summed E-state index contributed by atoms with van der Waals surface area (Å²) in [6.45, 7) is 7.92. The second-order valence-electron chi connectivity index (χ2n) is 8.08. The number of carbonyl (C=O) groups excluding carboxylic acids is 1. The minimum atomic E-state index is -0.593. The van der Waals surface area contributed by atoms with Gasteiger partial charge in [0.05, 0.1) is 6.61 Å². The molecular weight excluding hydrogens is 348 g/mol. The zero-order valence-corrected chi connectivity index (χ0v) is 16.9. The van der Waals surface area contributed by atoms with E-state index in [1.807, 2.05) is 18.2 Å². The zero-order chi connectivity index (χ0) is 19.8. The highest BCUT2D eigenvalue weighted by Crippen LogP contribution is 2.52. The Bertz CT molecular complexity index is 918. The van der Waals surface area contributed by atoms with Crippen molar-refractivity contribution < 1.29 is 9.53 Å². The molecule has 4 rings (SSSR count). The molecule has 28 heavy (non-hydrogen) atoms. The third-order valence-electron chi connectivity index (χ3n) is 6.02. The van der Waals surface area contributed by atoms with Gasteiger partial charge in [-0.15, -0.1) is 0 Å². The summed E-state index contributed by atoms with van der Waals surface area (Å²) in [6, 6.07) is 16.5. The normalized spacial score (nSPS) is 22.7. The summed E-state index contributed by atoms with van der Waals surface area (Å²) in [5.74, 6) is 0.969. The number of carbonyl (C=O) groups is 1. The van der Waals surface area contributed by atoms with Gasteiger partial charge in [0.25, 0.3) is 0 Å². The first-order chi connectivity index (χ1) is 13.5. The van der Waals surface area contributed by atoms with E-state index in [1.54, 1.807) is 0 Å². The van der Waals surface area contributed by atoms with Crippen molar-refractivity contribution in [3.63, 3.8) is 0 Å². The molecule has 2 aromatic rings. The maximum atomic E-state index is 12.5. The van der Waals surface area contributed by atoms with E-state index in [-0.39, 0.29) is 11.3 Å². The lowest BCUT2D eigenvalue weighted by Gasteiger charge is -2.49. The lowest BCUT2D eigenvalue weighted by Crippen LogP contribution is -2.68. The van der Waals surface area contributed by atoms with Crippen LogP contribution < -0.4 is 15.0 Å². The van der Waals surface area contributed by atoms with Gasteiger partial charge >= 0.3 is 0 Å². The van der Waals surface area contributed by atoms with Crippen LogP contribution >= 0.6 is 0 Å². The van der Waals surface area contributed by atoms with Crippen molar-refractivity contribution in [1.29, 1.82) is 0 Å². The Morgan fingerprint density at radius 1 is 1.14 bits per heavy atom. The van der Waals surface area contributed by atoms with Gasteiger partial charge in [-0.05, 0) is 30.2 Å². The number of hydrogen-bond acceptors (Lipinski definition) is 3. The van der Waals surface area contributed by atoms with Gasteiger partial charge in [-0.3, -0.25) is 4.79 Å². The fourth-order valence-electron chi connectivity index (χ4n) is 4.49. The van der Waals surface area contributed by atoms with Gasteiger partial charge in [0, 0.05) is 29.6 Å². The molecule has 1 amide bonds. The van der Waals surface area contributed by atoms with Crippen molar-refractivity contribution in [1.82, 2.24) is 5.32 Å². The fraction of sp³-hybridized carbons (Fsp3) is 0.375. The van der Waals surface area contributed by atoms with E-state index in [4.69, 9.17) is 4.74 Å². The summed E-state index contributed by atoms with van der Waals surface area (Å²) in [7, 11) is 0. The molecule has 0 aromatic heterocycles. The molecule has 1 saturated heterocycles. The minimum absolute atomic E-state index is 0.0947. The van der Waals surface area contributed by atoms with E-state index in [9.17, 15) is 4.79 Å². The molecular formula is C24H28N2O2. The molecule has 2 aromatic carbocycles. The number of benzene rings is 2. The van der Waals surface area contributed by atoms with Crippen LogP contribution in [0.5, 0.6) is 5.75 Å². The van der Waals surface area contributed by atoms with E-state index in [1.165, 1.54) is 11.3 Å². The third kappa shape index (κ3) is 2.79. The van der Waals surface area contributed by atoms with Crippen LogP contribution in [0.15, 0.2) is 54.6 Å².